The number of aromatic nitrogens is 3. The smallest absolute Gasteiger partial charge is 0.253 e. The standard InChI is InChI=1S/C19H18FN5O3/c20-15-4-1-13(2-5-15)9-23-17(26)12-25-11-14(3-6-18(25)27)19(28)24-10-16-21-7-8-22-16/h1-8,11H,9-10,12H2,(H,21,22)(H,23,26)(H,24,28). The van der Waals surface area contributed by atoms with Crippen LogP contribution in [0, 0.1) is 5.82 Å². The monoisotopic (exact) mass is 383 g/mol. The minimum atomic E-state index is -0.403. The van der Waals surface area contributed by atoms with E-state index in [0.29, 0.717) is 5.82 Å². The lowest BCUT2D eigenvalue weighted by Crippen LogP contribution is -2.32. The summed E-state index contributed by atoms with van der Waals surface area (Å²) in [6, 6.07) is 8.35. The molecule has 2 amide bonds. The predicted molar refractivity (Wildman–Crippen MR) is 98.7 cm³/mol. The van der Waals surface area contributed by atoms with E-state index in [1.807, 2.05) is 0 Å². The Labute approximate surface area is 159 Å². The van der Waals surface area contributed by atoms with Crippen LogP contribution in [0.4, 0.5) is 4.39 Å². The second-order valence-electron chi connectivity index (χ2n) is 6.01. The van der Waals surface area contributed by atoms with E-state index in [4.69, 9.17) is 0 Å². The molecule has 0 aliphatic carbocycles. The Morgan fingerprint density at radius 2 is 1.86 bits per heavy atom. The predicted octanol–water partition coefficient (Wildman–Crippen LogP) is 0.957. The molecule has 2 aromatic heterocycles. The topological polar surface area (TPSA) is 109 Å². The number of nitrogens with one attached hydrogen (secondary N) is 3. The lowest BCUT2D eigenvalue weighted by atomic mass is 10.2. The number of pyridine rings is 1. The van der Waals surface area contributed by atoms with E-state index in [2.05, 4.69) is 20.6 Å². The van der Waals surface area contributed by atoms with Crippen molar-refractivity contribution in [3.63, 3.8) is 0 Å². The summed E-state index contributed by atoms with van der Waals surface area (Å²) in [7, 11) is 0. The van der Waals surface area contributed by atoms with Crippen LogP contribution in [-0.2, 0) is 24.4 Å². The molecule has 9 heteroatoms. The lowest BCUT2D eigenvalue weighted by Gasteiger charge is -2.09. The van der Waals surface area contributed by atoms with Crippen molar-refractivity contribution in [3.05, 3.63) is 88.1 Å². The summed E-state index contributed by atoms with van der Waals surface area (Å²) < 4.78 is 14.0. The molecule has 0 bridgehead atoms. The number of hydrogen-bond donors (Lipinski definition) is 3. The second kappa shape index (κ2) is 8.76. The molecular weight excluding hydrogens is 365 g/mol. The van der Waals surface area contributed by atoms with Gasteiger partial charge in [0.05, 0.1) is 12.1 Å². The van der Waals surface area contributed by atoms with E-state index < -0.39 is 17.4 Å². The first-order valence-corrected chi connectivity index (χ1v) is 8.49. The van der Waals surface area contributed by atoms with Crippen LogP contribution in [0.1, 0.15) is 21.7 Å². The minimum Gasteiger partial charge on any atom is -0.350 e. The largest absolute Gasteiger partial charge is 0.350 e. The third-order valence-electron chi connectivity index (χ3n) is 3.93. The maximum atomic E-state index is 12.9. The Morgan fingerprint density at radius 1 is 1.07 bits per heavy atom. The number of carbonyl (C=O) groups is 2. The molecule has 0 unspecified atom stereocenters. The van der Waals surface area contributed by atoms with E-state index in [1.165, 1.54) is 30.5 Å². The van der Waals surface area contributed by atoms with Gasteiger partial charge in [0, 0.05) is 31.2 Å². The average molecular weight is 383 g/mol. The van der Waals surface area contributed by atoms with E-state index in [0.717, 1.165) is 10.1 Å². The Balaban J connectivity index is 1.59. The number of carbonyl (C=O) groups excluding carboxylic acids is 2. The average Bonchev–Trinajstić information content (AvgIpc) is 3.21. The van der Waals surface area contributed by atoms with Gasteiger partial charge in [0.1, 0.15) is 18.2 Å². The van der Waals surface area contributed by atoms with Gasteiger partial charge in [0.25, 0.3) is 11.5 Å². The molecule has 3 aromatic rings. The number of imidazole rings is 1. The summed E-state index contributed by atoms with van der Waals surface area (Å²) >= 11 is 0. The number of amides is 2. The number of rotatable bonds is 7. The zero-order valence-electron chi connectivity index (χ0n) is 14.8. The van der Waals surface area contributed by atoms with E-state index in [9.17, 15) is 18.8 Å². The molecule has 2 heterocycles. The van der Waals surface area contributed by atoms with Crippen molar-refractivity contribution in [2.24, 2.45) is 0 Å². The Morgan fingerprint density at radius 3 is 2.57 bits per heavy atom. The van der Waals surface area contributed by atoms with Gasteiger partial charge in [-0.2, -0.15) is 0 Å². The highest BCUT2D eigenvalue weighted by molar-refractivity contribution is 5.93. The Bertz CT molecular complexity index is 1010. The summed E-state index contributed by atoms with van der Waals surface area (Å²) in [5.74, 6) is -0.554. The maximum absolute atomic E-state index is 12.9. The number of benzene rings is 1. The summed E-state index contributed by atoms with van der Waals surface area (Å²) in [4.78, 5) is 43.2. The van der Waals surface area contributed by atoms with Gasteiger partial charge in [-0.05, 0) is 23.8 Å². The van der Waals surface area contributed by atoms with E-state index >= 15 is 0 Å². The van der Waals surface area contributed by atoms with Crippen molar-refractivity contribution in [2.45, 2.75) is 19.6 Å². The van der Waals surface area contributed by atoms with Crippen LogP contribution in [-0.4, -0.2) is 26.3 Å². The number of hydrogen-bond acceptors (Lipinski definition) is 4. The van der Waals surface area contributed by atoms with Gasteiger partial charge in [-0.15, -0.1) is 0 Å². The Hall–Kier alpha value is -3.75. The highest BCUT2D eigenvalue weighted by Crippen LogP contribution is 2.02. The fourth-order valence-corrected chi connectivity index (χ4v) is 2.46. The van der Waals surface area contributed by atoms with Crippen molar-refractivity contribution >= 4 is 11.8 Å². The third kappa shape index (κ3) is 5.13. The zero-order valence-corrected chi connectivity index (χ0v) is 14.8. The van der Waals surface area contributed by atoms with Gasteiger partial charge < -0.3 is 20.2 Å². The van der Waals surface area contributed by atoms with Gasteiger partial charge in [-0.3, -0.25) is 14.4 Å². The zero-order chi connectivity index (χ0) is 19.9. The Kier molecular flexibility index (Phi) is 5.95. The molecule has 0 saturated carbocycles. The van der Waals surface area contributed by atoms with Crippen molar-refractivity contribution in [1.82, 2.24) is 25.2 Å². The molecule has 144 valence electrons. The van der Waals surface area contributed by atoms with Crippen LogP contribution in [0.2, 0.25) is 0 Å². The number of H-pyrrole nitrogens is 1. The summed E-state index contributed by atoms with van der Waals surface area (Å²) in [6.45, 7) is 0.180. The summed E-state index contributed by atoms with van der Waals surface area (Å²) in [5, 5.41) is 5.33. The van der Waals surface area contributed by atoms with Crippen LogP contribution >= 0.6 is 0 Å². The van der Waals surface area contributed by atoms with Crippen molar-refractivity contribution in [3.8, 4) is 0 Å². The molecule has 0 atom stereocenters. The first-order chi connectivity index (χ1) is 13.5. The first-order valence-electron chi connectivity index (χ1n) is 8.49. The second-order valence-corrected chi connectivity index (χ2v) is 6.01. The molecule has 0 fully saturated rings. The molecular formula is C19H18FN5O3. The number of aromatic amines is 1. The molecule has 0 aliphatic heterocycles. The van der Waals surface area contributed by atoms with Crippen LogP contribution in [0.25, 0.3) is 0 Å². The molecule has 1 aromatic carbocycles. The summed E-state index contributed by atoms with van der Waals surface area (Å²) in [6.07, 6.45) is 4.55. The third-order valence-corrected chi connectivity index (χ3v) is 3.93. The molecule has 3 N–H and O–H groups in total. The highest BCUT2D eigenvalue weighted by atomic mass is 19.1. The van der Waals surface area contributed by atoms with E-state index in [-0.39, 0.29) is 31.0 Å². The minimum absolute atomic E-state index is 0.206. The van der Waals surface area contributed by atoms with Crippen LogP contribution in [0.3, 0.4) is 0 Å². The van der Waals surface area contributed by atoms with Gasteiger partial charge in [0.2, 0.25) is 5.91 Å². The van der Waals surface area contributed by atoms with Crippen molar-refractivity contribution in [1.29, 1.82) is 0 Å². The SMILES string of the molecule is O=C(Cn1cc(C(=O)NCc2ncc[nH]2)ccc1=O)NCc1ccc(F)cc1. The van der Waals surface area contributed by atoms with E-state index in [1.54, 1.807) is 24.5 Å². The number of nitrogens with zero attached hydrogens (tertiary/aromatic N) is 2. The van der Waals surface area contributed by atoms with Crippen LogP contribution in [0.15, 0.2) is 59.8 Å². The quantitative estimate of drug-likeness (QED) is 0.565. The highest BCUT2D eigenvalue weighted by Gasteiger charge is 2.10. The van der Waals surface area contributed by atoms with Gasteiger partial charge in [-0.1, -0.05) is 12.1 Å². The molecule has 0 saturated heterocycles. The molecule has 8 nitrogen and oxygen atoms in total. The number of halogens is 1. The fourth-order valence-electron chi connectivity index (χ4n) is 2.46. The lowest BCUT2D eigenvalue weighted by molar-refractivity contribution is -0.121. The van der Waals surface area contributed by atoms with Gasteiger partial charge in [0.15, 0.2) is 0 Å². The van der Waals surface area contributed by atoms with Crippen LogP contribution in [0.5, 0.6) is 0 Å². The van der Waals surface area contributed by atoms with Gasteiger partial charge >= 0.3 is 0 Å². The fraction of sp³-hybridized carbons (Fsp3) is 0.158. The molecule has 0 spiro atoms. The molecule has 28 heavy (non-hydrogen) atoms. The van der Waals surface area contributed by atoms with Crippen molar-refractivity contribution < 1.29 is 14.0 Å². The van der Waals surface area contributed by atoms with Gasteiger partial charge in [-0.25, -0.2) is 9.37 Å². The normalized spacial score (nSPS) is 10.5. The maximum Gasteiger partial charge on any atom is 0.253 e. The molecule has 0 radical (unpaired) electrons. The van der Waals surface area contributed by atoms with Crippen LogP contribution < -0.4 is 16.2 Å². The molecule has 3 rings (SSSR count). The first kappa shape index (κ1) is 19.0. The van der Waals surface area contributed by atoms with Crippen molar-refractivity contribution in [2.75, 3.05) is 0 Å². The summed E-state index contributed by atoms with van der Waals surface area (Å²) in [5.41, 5.74) is 0.574. The molecule has 0 aliphatic rings.